The van der Waals surface area contributed by atoms with Crippen molar-refractivity contribution in [3.63, 3.8) is 0 Å². The van der Waals surface area contributed by atoms with E-state index < -0.39 is 133 Å². The van der Waals surface area contributed by atoms with Gasteiger partial charge in [-0.15, -0.1) is 0 Å². The number of aliphatic hydroxyl groups excluding tert-OH is 9. The van der Waals surface area contributed by atoms with Gasteiger partial charge in [-0.2, -0.15) is 0 Å². The summed E-state index contributed by atoms with van der Waals surface area (Å²) in [6.45, 7) is 1.57. The SMILES string of the molecule is Cc1c(O[C@@H]2O[C@H](CO)[C@@H](O[C@@H]3OC[C@@H](O)[C@H](O)[C@H]3O)[C@H](O)[C@H]2O)cc(O)c2c(=O)c(O)c(-c3ccc(O)c(O[C@@H]4O[C@@H](C)[C@H](O)[C@@H](O)[C@H]4O)c3)oc12. The van der Waals surface area contributed by atoms with Crippen LogP contribution in [-0.4, -0.2) is 161 Å². The van der Waals surface area contributed by atoms with Gasteiger partial charge in [0.25, 0.3) is 0 Å². The fourth-order valence-electron chi connectivity index (χ4n) is 6.24. The van der Waals surface area contributed by atoms with Crippen LogP contribution in [0.25, 0.3) is 22.3 Å². The van der Waals surface area contributed by atoms with Crippen LogP contribution in [0.2, 0.25) is 0 Å². The fourth-order valence-corrected chi connectivity index (χ4v) is 6.24. The number of hydrogen-bond acceptors (Lipinski definition) is 20. The lowest BCUT2D eigenvalue weighted by atomic mass is 9.98. The Balaban J connectivity index is 1.28. The molecule has 0 saturated carbocycles. The number of phenolic OH excluding ortho intramolecular Hbond substituents is 2. The van der Waals surface area contributed by atoms with Crippen molar-refractivity contribution in [2.75, 3.05) is 13.2 Å². The molecule has 0 unspecified atom stereocenters. The molecule has 0 bridgehead atoms. The first-order valence-electron chi connectivity index (χ1n) is 16.4. The second-order valence-electron chi connectivity index (χ2n) is 13.0. The van der Waals surface area contributed by atoms with Gasteiger partial charge in [0, 0.05) is 17.2 Å². The number of aryl methyl sites for hydroxylation is 1. The number of aliphatic hydroxyl groups is 9. The van der Waals surface area contributed by atoms with E-state index in [2.05, 4.69) is 0 Å². The zero-order valence-corrected chi connectivity index (χ0v) is 27.9. The lowest BCUT2D eigenvalue weighted by Crippen LogP contribution is -2.63. The van der Waals surface area contributed by atoms with Gasteiger partial charge in [0.1, 0.15) is 83.5 Å². The van der Waals surface area contributed by atoms with Crippen molar-refractivity contribution in [2.45, 2.75) is 99.9 Å². The van der Waals surface area contributed by atoms with Crippen molar-refractivity contribution in [1.82, 2.24) is 0 Å². The Labute approximate surface area is 298 Å². The Kier molecular flexibility index (Phi) is 11.1. The van der Waals surface area contributed by atoms with Crippen LogP contribution < -0.4 is 14.9 Å². The molecule has 3 aliphatic rings. The van der Waals surface area contributed by atoms with Gasteiger partial charge in [-0.3, -0.25) is 4.79 Å². The molecule has 1 aromatic heterocycles. The number of ether oxygens (including phenoxy) is 6. The molecular weight excluding hydrogens is 716 g/mol. The van der Waals surface area contributed by atoms with Crippen LogP contribution >= 0.6 is 0 Å². The number of fused-ring (bicyclic) bond motifs is 1. The van der Waals surface area contributed by atoms with Crippen LogP contribution in [0.15, 0.2) is 33.5 Å². The van der Waals surface area contributed by atoms with E-state index >= 15 is 0 Å². The third-order valence-corrected chi connectivity index (χ3v) is 9.41. The Morgan fingerprint density at radius 3 is 2.09 bits per heavy atom. The molecule has 3 saturated heterocycles. The van der Waals surface area contributed by atoms with Gasteiger partial charge < -0.3 is 94.1 Å². The summed E-state index contributed by atoms with van der Waals surface area (Å²) in [5, 5.41) is 124. The van der Waals surface area contributed by atoms with Gasteiger partial charge in [0.2, 0.25) is 23.8 Å². The first-order chi connectivity index (χ1) is 25.0. The van der Waals surface area contributed by atoms with Gasteiger partial charge in [-0.25, -0.2) is 0 Å². The fraction of sp³-hybridized carbons (Fsp3) is 0.545. The molecule has 12 N–H and O–H groups in total. The highest BCUT2D eigenvalue weighted by Gasteiger charge is 2.50. The van der Waals surface area contributed by atoms with E-state index in [1.54, 1.807) is 0 Å². The van der Waals surface area contributed by atoms with Crippen LogP contribution in [0.3, 0.4) is 0 Å². The largest absolute Gasteiger partial charge is 0.507 e. The van der Waals surface area contributed by atoms with E-state index in [0.717, 1.165) is 18.2 Å². The standard InChI is InChI=1S/C33H40O20/c1-9-15(49-33-27(46)24(43)30(17(7-34)51-33)53-31-25(44)20(39)14(37)8-47-31)6-13(36)18-21(40)23(42)29(52-28(9)18)11-3-4-12(35)16(5-11)50-32-26(45)22(41)19(38)10(2)48-32/h3-6,10,14,17,19-20,22,24-27,30-39,41-46H,7-8H2,1-2H3/t10-,14+,17+,19-,20-,22+,24+,25+,26+,27+,30+,31-,32-,33+/m0/s1. The van der Waals surface area contributed by atoms with E-state index in [1.807, 2.05) is 0 Å². The zero-order chi connectivity index (χ0) is 38.6. The summed E-state index contributed by atoms with van der Waals surface area (Å²) < 4.78 is 39.0. The average Bonchev–Trinajstić information content (AvgIpc) is 3.13. The van der Waals surface area contributed by atoms with Crippen LogP contribution in [0.5, 0.6) is 28.7 Å². The quantitative estimate of drug-likeness (QED) is 0.107. The van der Waals surface area contributed by atoms with E-state index in [9.17, 15) is 66.1 Å². The minimum atomic E-state index is -1.91. The second kappa shape index (κ2) is 15.1. The van der Waals surface area contributed by atoms with Crippen molar-refractivity contribution in [3.05, 3.63) is 40.1 Å². The summed E-state index contributed by atoms with van der Waals surface area (Å²) >= 11 is 0. The summed E-state index contributed by atoms with van der Waals surface area (Å²) in [6, 6.07) is 4.42. The Hall–Kier alpha value is -3.87. The zero-order valence-electron chi connectivity index (χ0n) is 27.9. The van der Waals surface area contributed by atoms with Gasteiger partial charge in [0.15, 0.2) is 23.5 Å². The summed E-state index contributed by atoms with van der Waals surface area (Å²) in [4.78, 5) is 13.4. The molecule has 2 aromatic carbocycles. The third-order valence-electron chi connectivity index (χ3n) is 9.41. The number of hydrogen-bond donors (Lipinski definition) is 12. The lowest BCUT2D eigenvalue weighted by molar-refractivity contribution is -0.339. The Morgan fingerprint density at radius 2 is 1.40 bits per heavy atom. The first kappa shape index (κ1) is 38.8. The Morgan fingerprint density at radius 1 is 0.755 bits per heavy atom. The number of benzene rings is 2. The summed E-state index contributed by atoms with van der Waals surface area (Å²) in [7, 11) is 0. The molecule has 0 radical (unpaired) electrons. The van der Waals surface area contributed by atoms with Crippen molar-refractivity contribution >= 4 is 11.0 Å². The van der Waals surface area contributed by atoms with Gasteiger partial charge in [-0.05, 0) is 32.0 Å². The lowest BCUT2D eigenvalue weighted by Gasteiger charge is -2.44. The minimum Gasteiger partial charge on any atom is -0.507 e. The van der Waals surface area contributed by atoms with Crippen LogP contribution in [0.4, 0.5) is 0 Å². The molecule has 20 heteroatoms. The average molecular weight is 757 g/mol. The predicted molar refractivity (Wildman–Crippen MR) is 172 cm³/mol. The molecular formula is C33H40O20. The van der Waals surface area contributed by atoms with Gasteiger partial charge in [-0.1, -0.05) is 0 Å². The first-order valence-corrected chi connectivity index (χ1v) is 16.4. The number of phenols is 2. The monoisotopic (exact) mass is 756 g/mol. The van der Waals surface area contributed by atoms with Crippen LogP contribution in [0, 0.1) is 6.92 Å². The molecule has 20 nitrogen and oxygen atoms in total. The number of rotatable bonds is 8. The highest BCUT2D eigenvalue weighted by Crippen LogP contribution is 2.42. The number of aromatic hydroxyl groups is 3. The minimum absolute atomic E-state index is 0.0159. The Bertz CT molecular complexity index is 1850. The molecule has 3 fully saturated rings. The molecule has 0 aliphatic carbocycles. The molecule has 292 valence electrons. The maximum Gasteiger partial charge on any atom is 0.238 e. The van der Waals surface area contributed by atoms with E-state index in [0.29, 0.717) is 0 Å². The molecule has 53 heavy (non-hydrogen) atoms. The molecule has 14 atom stereocenters. The van der Waals surface area contributed by atoms with Crippen LogP contribution in [-0.2, 0) is 18.9 Å². The summed E-state index contributed by atoms with van der Waals surface area (Å²) in [6.07, 6.45) is -22.2. The van der Waals surface area contributed by atoms with E-state index in [4.69, 9.17) is 32.8 Å². The third kappa shape index (κ3) is 7.10. The van der Waals surface area contributed by atoms with Crippen molar-refractivity contribution < 1.29 is 94.1 Å². The highest BCUT2D eigenvalue weighted by molar-refractivity contribution is 5.91. The summed E-state index contributed by atoms with van der Waals surface area (Å²) in [5.41, 5.74) is -1.45. The maximum atomic E-state index is 13.4. The predicted octanol–water partition coefficient (Wildman–Crippen LogP) is -3.27. The second-order valence-corrected chi connectivity index (χ2v) is 13.0. The van der Waals surface area contributed by atoms with Gasteiger partial charge in [0.05, 0.1) is 19.3 Å². The van der Waals surface area contributed by atoms with E-state index in [-0.39, 0.29) is 28.2 Å². The van der Waals surface area contributed by atoms with E-state index in [1.165, 1.54) is 19.9 Å². The van der Waals surface area contributed by atoms with Crippen molar-refractivity contribution in [3.8, 4) is 40.1 Å². The smallest absolute Gasteiger partial charge is 0.238 e. The normalized spacial score (nSPS) is 36.4. The molecule has 4 heterocycles. The van der Waals surface area contributed by atoms with Gasteiger partial charge >= 0.3 is 0 Å². The summed E-state index contributed by atoms with van der Waals surface area (Å²) in [5.74, 6) is -3.25. The maximum absolute atomic E-state index is 13.4. The molecule has 0 spiro atoms. The van der Waals surface area contributed by atoms with Crippen molar-refractivity contribution in [1.29, 1.82) is 0 Å². The topological polar surface area (TPSA) is 328 Å². The van der Waals surface area contributed by atoms with Crippen LogP contribution in [0.1, 0.15) is 12.5 Å². The highest BCUT2D eigenvalue weighted by atomic mass is 16.7. The van der Waals surface area contributed by atoms with Crippen molar-refractivity contribution in [2.24, 2.45) is 0 Å². The molecule has 0 amide bonds. The molecule has 6 rings (SSSR count). The molecule has 3 aromatic rings. The molecule has 3 aliphatic heterocycles.